The summed E-state index contributed by atoms with van der Waals surface area (Å²) in [6, 6.07) is -0.130. The highest BCUT2D eigenvalue weighted by Crippen LogP contribution is 2.75. The number of ether oxygens (including phenoxy) is 1. The Balaban J connectivity index is 1.87. The molecule has 2 spiro atoms. The van der Waals surface area contributed by atoms with Crippen LogP contribution >= 0.6 is 23.2 Å². The van der Waals surface area contributed by atoms with Crippen molar-refractivity contribution >= 4 is 35.0 Å². The second-order valence-corrected chi connectivity index (χ2v) is 8.17. The second-order valence-electron chi connectivity index (χ2n) is 7.20. The first-order chi connectivity index (χ1) is 9.91. The molecule has 21 heavy (non-hydrogen) atoms. The van der Waals surface area contributed by atoms with Gasteiger partial charge in [-0.25, -0.2) is 0 Å². The van der Waals surface area contributed by atoms with Crippen LogP contribution in [0, 0.1) is 22.7 Å². The largest absolute Gasteiger partial charge is 0.379 e. The highest BCUT2D eigenvalue weighted by Gasteiger charge is 2.88. The van der Waals surface area contributed by atoms with Gasteiger partial charge in [0.25, 0.3) is 0 Å². The molecule has 7 heteroatoms. The first kappa shape index (κ1) is 13.0. The quantitative estimate of drug-likeness (QED) is 0.594. The summed E-state index contributed by atoms with van der Waals surface area (Å²) in [6.07, 6.45) is 0. The molecule has 0 aromatic heterocycles. The molecule has 5 fully saturated rings. The fraction of sp³-hybridized carbons (Fsp3) is 0.857. The van der Waals surface area contributed by atoms with E-state index in [0.717, 1.165) is 0 Å². The van der Waals surface area contributed by atoms with Crippen LogP contribution in [0.4, 0.5) is 0 Å². The summed E-state index contributed by atoms with van der Waals surface area (Å²) in [6.45, 7) is 0.552. The van der Waals surface area contributed by atoms with Crippen LogP contribution in [0.5, 0.6) is 0 Å². The topological polar surface area (TPSA) is 49.9 Å². The van der Waals surface area contributed by atoms with Gasteiger partial charge in [-0.15, -0.1) is 23.2 Å². The van der Waals surface area contributed by atoms with E-state index in [-0.39, 0.29) is 53.1 Å². The molecule has 2 bridgehead atoms. The number of likely N-dealkylation sites (tertiary alicyclic amines) is 2. The highest BCUT2D eigenvalue weighted by atomic mass is 35.5. The van der Waals surface area contributed by atoms with Gasteiger partial charge in [0.15, 0.2) is 0 Å². The average molecular weight is 331 g/mol. The maximum Gasteiger partial charge on any atom is 0.233 e. The number of hydrogen-bond acceptors (Lipinski definition) is 3. The van der Waals surface area contributed by atoms with Crippen LogP contribution < -0.4 is 0 Å². The molecule has 0 aromatic carbocycles. The Bertz CT molecular complexity index is 601. The smallest absolute Gasteiger partial charge is 0.233 e. The first-order valence-electron chi connectivity index (χ1n) is 7.31. The van der Waals surface area contributed by atoms with Crippen LogP contribution in [-0.4, -0.2) is 71.8 Å². The van der Waals surface area contributed by atoms with Crippen molar-refractivity contribution in [3.8, 4) is 0 Å². The molecule has 0 radical (unpaired) electrons. The van der Waals surface area contributed by atoms with Crippen molar-refractivity contribution in [1.29, 1.82) is 0 Å². The normalized spacial score (nSPS) is 60.2. The second kappa shape index (κ2) is 3.36. The van der Waals surface area contributed by atoms with Gasteiger partial charge in [0.2, 0.25) is 11.8 Å². The number of hydrogen-bond donors (Lipinski definition) is 0. The highest BCUT2D eigenvalue weighted by molar-refractivity contribution is 6.27. The summed E-state index contributed by atoms with van der Waals surface area (Å²) >= 11 is 13.5. The summed E-state index contributed by atoms with van der Waals surface area (Å²) in [5.41, 5.74) is -1.69. The van der Waals surface area contributed by atoms with Crippen molar-refractivity contribution < 1.29 is 14.3 Å². The third kappa shape index (κ3) is 0.919. The Morgan fingerprint density at radius 1 is 1.05 bits per heavy atom. The van der Waals surface area contributed by atoms with E-state index >= 15 is 0 Å². The Morgan fingerprint density at radius 3 is 2.33 bits per heavy atom. The minimum absolute atomic E-state index is 0.00380. The van der Waals surface area contributed by atoms with Gasteiger partial charge in [0, 0.05) is 25.9 Å². The molecule has 3 aliphatic heterocycles. The predicted octanol–water partition coefficient (Wildman–Crippen LogP) is 0.145. The SMILES string of the molecule is CN1C(=O)[C@@]23COC[C@]24C(=O)N(C)[C@H]2[C@H](Cl)[C@@H]1[C@@H]3[C@H]2[C@@H]4Cl. The number of amides is 2. The lowest BCUT2D eigenvalue weighted by Gasteiger charge is -2.46. The minimum atomic E-state index is -0.897. The van der Waals surface area contributed by atoms with Gasteiger partial charge in [0.05, 0.1) is 41.5 Å². The lowest BCUT2D eigenvalue weighted by atomic mass is 9.63. The summed E-state index contributed by atoms with van der Waals surface area (Å²) in [4.78, 5) is 29.7. The Morgan fingerprint density at radius 2 is 1.62 bits per heavy atom. The lowest BCUT2D eigenvalue weighted by Crippen LogP contribution is -2.63. The molecule has 2 aliphatic carbocycles. The van der Waals surface area contributed by atoms with E-state index in [2.05, 4.69) is 0 Å². The third-order valence-corrected chi connectivity index (χ3v) is 8.14. The average Bonchev–Trinajstić information content (AvgIpc) is 3.08. The fourth-order valence-electron chi connectivity index (χ4n) is 6.30. The zero-order valence-electron chi connectivity index (χ0n) is 11.8. The van der Waals surface area contributed by atoms with Crippen LogP contribution in [0.25, 0.3) is 0 Å². The number of rotatable bonds is 0. The molecule has 5 aliphatic rings. The lowest BCUT2D eigenvalue weighted by molar-refractivity contribution is -0.155. The van der Waals surface area contributed by atoms with E-state index in [1.807, 2.05) is 0 Å². The van der Waals surface area contributed by atoms with Crippen LogP contribution in [0.15, 0.2) is 0 Å². The van der Waals surface area contributed by atoms with Gasteiger partial charge in [-0.1, -0.05) is 0 Å². The van der Waals surface area contributed by atoms with Crippen molar-refractivity contribution in [3.05, 3.63) is 0 Å². The fourth-order valence-corrected chi connectivity index (χ4v) is 7.62. The Hall–Kier alpha value is -0.520. The van der Waals surface area contributed by atoms with Crippen molar-refractivity contribution in [2.45, 2.75) is 22.8 Å². The van der Waals surface area contributed by atoms with Crippen molar-refractivity contribution in [1.82, 2.24) is 9.80 Å². The van der Waals surface area contributed by atoms with Gasteiger partial charge in [-0.3, -0.25) is 9.59 Å². The Labute approximate surface area is 132 Å². The molecule has 3 heterocycles. The number of carbonyl (C=O) groups is 2. The standard InChI is InChI=1S/C14H16Cl2N2O3/c1-17-8-5-6-9(7(8)15)18(2)11(19)13(6)3-21-4-14(13,10(5)16)12(17)20/h5-10H,3-4H2,1-2H3/t5-,6+,7+,8-,9+,10+,13+,14+/m1/s1. The maximum absolute atomic E-state index is 13.1. The van der Waals surface area contributed by atoms with E-state index in [0.29, 0.717) is 6.61 Å². The van der Waals surface area contributed by atoms with E-state index in [9.17, 15) is 9.59 Å². The predicted molar refractivity (Wildman–Crippen MR) is 75.1 cm³/mol. The van der Waals surface area contributed by atoms with Gasteiger partial charge in [-0.05, 0) is 0 Å². The van der Waals surface area contributed by atoms with Gasteiger partial charge in [0.1, 0.15) is 5.41 Å². The molecule has 2 saturated carbocycles. The van der Waals surface area contributed by atoms with Crippen molar-refractivity contribution in [2.24, 2.45) is 22.7 Å². The van der Waals surface area contributed by atoms with Gasteiger partial charge < -0.3 is 14.5 Å². The molecule has 8 atom stereocenters. The molecule has 0 N–H and O–H groups in total. The number of nitrogens with zero attached hydrogens (tertiary/aromatic N) is 2. The monoisotopic (exact) mass is 330 g/mol. The maximum atomic E-state index is 13.1. The van der Waals surface area contributed by atoms with Crippen LogP contribution in [0.3, 0.4) is 0 Å². The molecule has 5 rings (SSSR count). The summed E-state index contributed by atoms with van der Waals surface area (Å²) in [5.74, 6) is 0.0495. The Kier molecular flexibility index (Phi) is 2.08. The molecular weight excluding hydrogens is 315 g/mol. The summed E-state index contributed by atoms with van der Waals surface area (Å²) in [5, 5.41) is -0.620. The van der Waals surface area contributed by atoms with E-state index < -0.39 is 10.8 Å². The van der Waals surface area contributed by atoms with E-state index in [1.165, 1.54) is 0 Å². The molecule has 0 unspecified atom stereocenters. The number of piperidine rings is 1. The number of carbonyl (C=O) groups excluding carboxylic acids is 2. The summed E-state index contributed by atoms with van der Waals surface area (Å²) < 4.78 is 5.68. The van der Waals surface area contributed by atoms with Gasteiger partial charge in [-0.2, -0.15) is 0 Å². The molecule has 5 nitrogen and oxygen atoms in total. The van der Waals surface area contributed by atoms with Crippen LogP contribution in [0.2, 0.25) is 0 Å². The van der Waals surface area contributed by atoms with Gasteiger partial charge >= 0.3 is 0 Å². The zero-order valence-corrected chi connectivity index (χ0v) is 13.3. The number of alkyl halides is 2. The number of halogens is 2. The van der Waals surface area contributed by atoms with Crippen molar-refractivity contribution in [2.75, 3.05) is 27.3 Å². The van der Waals surface area contributed by atoms with E-state index in [4.69, 9.17) is 27.9 Å². The minimum Gasteiger partial charge on any atom is -0.379 e. The third-order valence-electron chi connectivity index (χ3n) is 6.96. The van der Waals surface area contributed by atoms with Crippen molar-refractivity contribution in [3.63, 3.8) is 0 Å². The zero-order chi connectivity index (χ0) is 14.9. The van der Waals surface area contributed by atoms with Crippen LogP contribution in [0.1, 0.15) is 0 Å². The molecular formula is C14H16Cl2N2O3. The van der Waals surface area contributed by atoms with Crippen LogP contribution in [-0.2, 0) is 14.3 Å². The van der Waals surface area contributed by atoms with E-state index in [1.54, 1.807) is 23.9 Å². The molecule has 114 valence electrons. The summed E-state index contributed by atoms with van der Waals surface area (Å²) in [7, 11) is 3.60. The first-order valence-corrected chi connectivity index (χ1v) is 8.19. The molecule has 3 saturated heterocycles. The molecule has 2 amide bonds. The molecule has 0 aromatic rings.